The van der Waals surface area contributed by atoms with Crippen LogP contribution in [0.2, 0.25) is 0 Å². The molecular formula is C25H32N2O6. The molecule has 1 atom stereocenters. The summed E-state index contributed by atoms with van der Waals surface area (Å²) in [7, 11) is 1.35. The smallest absolute Gasteiger partial charge is 0.322 e. The van der Waals surface area contributed by atoms with E-state index in [0.717, 1.165) is 16.9 Å². The molecule has 0 bridgehead atoms. The second kappa shape index (κ2) is 11.4. The molecule has 3 rings (SSSR count). The highest BCUT2D eigenvalue weighted by molar-refractivity contribution is 5.90. The first-order valence-electron chi connectivity index (χ1n) is 11.3. The quantitative estimate of drug-likeness (QED) is 0.556. The van der Waals surface area contributed by atoms with E-state index < -0.39 is 12.0 Å². The number of nitrogens with zero attached hydrogens (tertiary/aromatic N) is 1. The van der Waals surface area contributed by atoms with Gasteiger partial charge in [0.15, 0.2) is 11.5 Å². The van der Waals surface area contributed by atoms with Crippen LogP contribution < -0.4 is 19.5 Å². The molecule has 0 saturated carbocycles. The number of esters is 1. The second-order valence-electron chi connectivity index (χ2n) is 7.49. The highest BCUT2D eigenvalue weighted by Crippen LogP contribution is 2.40. The molecule has 0 aliphatic carbocycles. The van der Waals surface area contributed by atoms with Crippen molar-refractivity contribution in [1.82, 2.24) is 4.90 Å². The zero-order valence-electron chi connectivity index (χ0n) is 19.7. The fourth-order valence-electron chi connectivity index (χ4n) is 3.95. The van der Waals surface area contributed by atoms with Gasteiger partial charge in [0.1, 0.15) is 5.75 Å². The van der Waals surface area contributed by atoms with Crippen molar-refractivity contribution in [1.29, 1.82) is 0 Å². The molecule has 1 heterocycles. The Hall–Kier alpha value is -3.42. The maximum Gasteiger partial charge on any atom is 0.322 e. The minimum atomic E-state index is -0.487. The number of rotatable bonds is 9. The highest BCUT2D eigenvalue weighted by atomic mass is 16.5. The number of urea groups is 1. The van der Waals surface area contributed by atoms with Crippen LogP contribution in [0.5, 0.6) is 17.2 Å². The number of fused-ring (bicyclic) bond motifs is 1. The van der Waals surface area contributed by atoms with Gasteiger partial charge < -0.3 is 29.2 Å². The van der Waals surface area contributed by atoms with E-state index in [2.05, 4.69) is 5.32 Å². The molecule has 0 unspecified atom stereocenters. The number of anilines is 1. The summed E-state index contributed by atoms with van der Waals surface area (Å²) in [4.78, 5) is 27.1. The first kappa shape index (κ1) is 24.2. The normalized spacial score (nSPS) is 14.8. The van der Waals surface area contributed by atoms with E-state index in [1.165, 1.54) is 7.11 Å². The summed E-state index contributed by atoms with van der Waals surface area (Å²) >= 11 is 0. The van der Waals surface area contributed by atoms with Crippen molar-refractivity contribution in [3.63, 3.8) is 0 Å². The average molecular weight is 457 g/mol. The summed E-state index contributed by atoms with van der Waals surface area (Å²) in [5.41, 5.74) is 2.54. The van der Waals surface area contributed by atoms with E-state index in [0.29, 0.717) is 50.0 Å². The molecule has 2 aromatic carbocycles. The van der Waals surface area contributed by atoms with Crippen LogP contribution in [0.15, 0.2) is 36.4 Å². The van der Waals surface area contributed by atoms with Crippen LogP contribution in [0.4, 0.5) is 10.5 Å². The molecule has 0 fully saturated rings. The third-order valence-electron chi connectivity index (χ3n) is 5.43. The summed E-state index contributed by atoms with van der Waals surface area (Å²) in [6.07, 6.45) is 0.677. The van der Waals surface area contributed by atoms with Gasteiger partial charge in [-0.2, -0.15) is 0 Å². The van der Waals surface area contributed by atoms with Crippen molar-refractivity contribution >= 4 is 17.7 Å². The Balaban J connectivity index is 1.90. The minimum Gasteiger partial charge on any atom is -0.494 e. The van der Waals surface area contributed by atoms with Crippen molar-refractivity contribution in [3.05, 3.63) is 47.5 Å². The number of ether oxygens (including phenoxy) is 4. The van der Waals surface area contributed by atoms with Crippen molar-refractivity contribution in [2.24, 2.45) is 0 Å². The summed E-state index contributed by atoms with van der Waals surface area (Å²) in [5.74, 6) is 1.61. The van der Waals surface area contributed by atoms with E-state index in [4.69, 9.17) is 18.9 Å². The van der Waals surface area contributed by atoms with E-state index in [9.17, 15) is 9.59 Å². The van der Waals surface area contributed by atoms with E-state index in [-0.39, 0.29) is 12.5 Å². The third-order valence-corrected chi connectivity index (χ3v) is 5.43. The number of hydrogen-bond donors (Lipinski definition) is 1. The Kier molecular flexibility index (Phi) is 8.40. The maximum absolute atomic E-state index is 13.2. The molecule has 1 aliphatic rings. The second-order valence-corrected chi connectivity index (χ2v) is 7.49. The lowest BCUT2D eigenvalue weighted by molar-refractivity contribution is -0.141. The molecule has 0 spiro atoms. The van der Waals surface area contributed by atoms with Crippen LogP contribution in [0, 0.1) is 0 Å². The summed E-state index contributed by atoms with van der Waals surface area (Å²) in [6, 6.07) is 10.3. The van der Waals surface area contributed by atoms with Gasteiger partial charge in [0.2, 0.25) is 0 Å². The molecule has 0 radical (unpaired) electrons. The highest BCUT2D eigenvalue weighted by Gasteiger charge is 2.34. The third kappa shape index (κ3) is 5.88. The van der Waals surface area contributed by atoms with Gasteiger partial charge in [-0.05, 0) is 74.7 Å². The van der Waals surface area contributed by atoms with Gasteiger partial charge in [-0.25, -0.2) is 4.79 Å². The molecule has 33 heavy (non-hydrogen) atoms. The lowest BCUT2D eigenvalue weighted by Gasteiger charge is -2.37. The van der Waals surface area contributed by atoms with Crippen LogP contribution in [-0.4, -0.2) is 50.4 Å². The van der Waals surface area contributed by atoms with Crippen molar-refractivity contribution in [2.45, 2.75) is 39.7 Å². The fourth-order valence-corrected chi connectivity index (χ4v) is 3.95. The Morgan fingerprint density at radius 2 is 1.61 bits per heavy atom. The Labute approximate surface area is 194 Å². The molecule has 1 N–H and O–H groups in total. The Morgan fingerprint density at radius 1 is 0.970 bits per heavy atom. The number of carbonyl (C=O) groups excluding carboxylic acids is 2. The lowest BCUT2D eigenvalue weighted by atomic mass is 9.90. The molecule has 1 aliphatic heterocycles. The molecule has 2 aromatic rings. The lowest BCUT2D eigenvalue weighted by Crippen LogP contribution is -2.43. The van der Waals surface area contributed by atoms with Gasteiger partial charge in [0.05, 0.1) is 39.4 Å². The van der Waals surface area contributed by atoms with Gasteiger partial charge in [0.25, 0.3) is 0 Å². The SMILES string of the molecule is CCOc1ccc(NC(=O)N2CCc3cc(OCC)c(OCC)cc3[C@@H]2CC(=O)OC)cc1. The number of carbonyl (C=O) groups is 2. The summed E-state index contributed by atoms with van der Waals surface area (Å²) in [6.45, 7) is 7.75. The topological polar surface area (TPSA) is 86.3 Å². The molecule has 0 aromatic heterocycles. The van der Waals surface area contributed by atoms with Gasteiger partial charge in [-0.15, -0.1) is 0 Å². The maximum atomic E-state index is 13.2. The Morgan fingerprint density at radius 3 is 2.21 bits per heavy atom. The first-order valence-corrected chi connectivity index (χ1v) is 11.3. The largest absolute Gasteiger partial charge is 0.494 e. The number of benzene rings is 2. The molecular weight excluding hydrogens is 424 g/mol. The van der Waals surface area contributed by atoms with Crippen molar-refractivity contribution in [3.8, 4) is 17.2 Å². The predicted octanol–water partition coefficient (Wildman–Crippen LogP) is 4.58. The molecule has 178 valence electrons. The predicted molar refractivity (Wildman–Crippen MR) is 125 cm³/mol. The van der Waals surface area contributed by atoms with E-state index in [1.807, 2.05) is 32.9 Å². The standard InChI is InChI=1S/C25H32N2O6/c1-5-31-19-10-8-18(9-11-19)26-25(29)27-13-12-17-14-22(32-6-2)23(33-7-3)15-20(17)21(27)16-24(28)30-4/h8-11,14-15,21H,5-7,12-13,16H2,1-4H3,(H,26,29)/t21-/m0/s1. The number of amides is 2. The van der Waals surface area contributed by atoms with Gasteiger partial charge in [-0.1, -0.05) is 0 Å². The Bertz CT molecular complexity index is 960. The number of nitrogens with one attached hydrogen (secondary N) is 1. The van der Waals surface area contributed by atoms with E-state index in [1.54, 1.807) is 29.2 Å². The zero-order chi connectivity index (χ0) is 23.8. The van der Waals surface area contributed by atoms with Gasteiger partial charge in [-0.3, -0.25) is 4.79 Å². The van der Waals surface area contributed by atoms with Crippen LogP contribution in [0.1, 0.15) is 44.4 Å². The molecule has 8 heteroatoms. The fraction of sp³-hybridized carbons (Fsp3) is 0.440. The van der Waals surface area contributed by atoms with Crippen LogP contribution in [0.3, 0.4) is 0 Å². The zero-order valence-corrected chi connectivity index (χ0v) is 19.7. The van der Waals surface area contributed by atoms with Crippen LogP contribution >= 0.6 is 0 Å². The van der Waals surface area contributed by atoms with Gasteiger partial charge in [0, 0.05) is 12.2 Å². The summed E-state index contributed by atoms with van der Waals surface area (Å²) in [5, 5.41) is 2.93. The van der Waals surface area contributed by atoms with Crippen LogP contribution in [0.25, 0.3) is 0 Å². The minimum absolute atomic E-state index is 0.0414. The van der Waals surface area contributed by atoms with E-state index >= 15 is 0 Å². The van der Waals surface area contributed by atoms with Crippen molar-refractivity contribution < 1.29 is 28.5 Å². The number of methoxy groups -OCH3 is 1. The first-order chi connectivity index (χ1) is 16.0. The molecule has 8 nitrogen and oxygen atoms in total. The van der Waals surface area contributed by atoms with Gasteiger partial charge >= 0.3 is 12.0 Å². The molecule has 0 saturated heterocycles. The average Bonchev–Trinajstić information content (AvgIpc) is 2.81. The summed E-state index contributed by atoms with van der Waals surface area (Å²) < 4.78 is 21.9. The van der Waals surface area contributed by atoms with Crippen molar-refractivity contribution in [2.75, 3.05) is 38.8 Å². The monoisotopic (exact) mass is 456 g/mol. The number of hydrogen-bond acceptors (Lipinski definition) is 6. The van der Waals surface area contributed by atoms with Crippen LogP contribution in [-0.2, 0) is 16.0 Å². The molecule has 2 amide bonds.